The van der Waals surface area contributed by atoms with Crippen LogP contribution >= 0.6 is 0 Å². The molecule has 0 amide bonds. The highest BCUT2D eigenvalue weighted by Gasteiger charge is 2.21. The lowest BCUT2D eigenvalue weighted by atomic mass is 9.88. The lowest BCUT2D eigenvalue weighted by molar-refractivity contribution is 0.806. The molecular formula is C26H27N3. The van der Waals surface area contributed by atoms with Crippen molar-refractivity contribution in [2.75, 3.05) is 0 Å². The van der Waals surface area contributed by atoms with Crippen molar-refractivity contribution in [3.63, 3.8) is 0 Å². The van der Waals surface area contributed by atoms with Crippen LogP contribution in [0.5, 0.6) is 0 Å². The maximum absolute atomic E-state index is 4.46. The third-order valence-corrected chi connectivity index (χ3v) is 5.34. The highest BCUT2D eigenvalue weighted by molar-refractivity contribution is 5.71. The molecule has 3 aromatic carbocycles. The van der Waals surface area contributed by atoms with E-state index in [1.807, 2.05) is 24.5 Å². The first-order chi connectivity index (χ1) is 14.1. The molecule has 0 atom stereocenters. The Balaban J connectivity index is 1.98. The van der Waals surface area contributed by atoms with Crippen LogP contribution in [0.15, 0.2) is 79.1 Å². The fourth-order valence-corrected chi connectivity index (χ4v) is 3.82. The Kier molecular flexibility index (Phi) is 5.30. The molecule has 146 valence electrons. The Bertz CT molecular complexity index is 1060. The van der Waals surface area contributed by atoms with Crippen LogP contribution in [0.4, 0.5) is 0 Å². The average molecular weight is 382 g/mol. The van der Waals surface area contributed by atoms with Crippen LogP contribution in [0.2, 0.25) is 0 Å². The fourth-order valence-electron chi connectivity index (χ4n) is 3.82. The molecule has 0 saturated carbocycles. The van der Waals surface area contributed by atoms with Gasteiger partial charge in [-0.15, -0.1) is 10.2 Å². The van der Waals surface area contributed by atoms with E-state index in [1.165, 1.54) is 27.9 Å². The lowest BCUT2D eigenvalue weighted by Crippen LogP contribution is -2.08. The van der Waals surface area contributed by atoms with Gasteiger partial charge in [0.05, 0.1) is 5.69 Å². The van der Waals surface area contributed by atoms with Crippen molar-refractivity contribution in [1.29, 1.82) is 0 Å². The zero-order valence-electron chi connectivity index (χ0n) is 17.5. The first-order valence-electron chi connectivity index (χ1n) is 10.3. The van der Waals surface area contributed by atoms with Gasteiger partial charge in [-0.3, -0.25) is 4.57 Å². The van der Waals surface area contributed by atoms with E-state index in [-0.39, 0.29) is 0 Å². The van der Waals surface area contributed by atoms with Crippen molar-refractivity contribution in [3.05, 3.63) is 90.3 Å². The van der Waals surface area contributed by atoms with Crippen LogP contribution in [0.3, 0.4) is 0 Å². The quantitative estimate of drug-likeness (QED) is 0.378. The molecule has 0 saturated heterocycles. The van der Waals surface area contributed by atoms with E-state index < -0.39 is 0 Å². The van der Waals surface area contributed by atoms with Crippen molar-refractivity contribution in [1.82, 2.24) is 14.8 Å². The molecule has 0 aliphatic carbocycles. The van der Waals surface area contributed by atoms with Crippen LogP contribution in [0.1, 0.15) is 50.7 Å². The van der Waals surface area contributed by atoms with Gasteiger partial charge in [0.25, 0.3) is 0 Å². The molecule has 0 unspecified atom stereocenters. The summed E-state index contributed by atoms with van der Waals surface area (Å²) in [6, 6.07) is 25.6. The largest absolute Gasteiger partial charge is 0.281 e. The molecule has 3 nitrogen and oxygen atoms in total. The van der Waals surface area contributed by atoms with Crippen molar-refractivity contribution >= 4 is 0 Å². The van der Waals surface area contributed by atoms with E-state index >= 15 is 0 Å². The van der Waals surface area contributed by atoms with Crippen LogP contribution in [0, 0.1) is 0 Å². The van der Waals surface area contributed by atoms with Gasteiger partial charge in [0.2, 0.25) is 0 Å². The van der Waals surface area contributed by atoms with E-state index in [9.17, 15) is 0 Å². The number of nitrogens with zero attached hydrogens (tertiary/aromatic N) is 3. The fraction of sp³-hybridized carbons (Fsp3) is 0.231. The standard InChI is InChI=1S/C26H27N3/c1-18(2)23-15-22(20-11-7-5-8-12-20)16-24(19(3)4)25(23)29-17-27-28-26(29)21-13-9-6-10-14-21/h5-19H,1-4H3. The monoisotopic (exact) mass is 381 g/mol. The molecule has 4 aromatic rings. The summed E-state index contributed by atoms with van der Waals surface area (Å²) in [5, 5.41) is 8.73. The predicted molar refractivity (Wildman–Crippen MR) is 120 cm³/mol. The Hall–Kier alpha value is -3.20. The van der Waals surface area contributed by atoms with Gasteiger partial charge in [-0.25, -0.2) is 0 Å². The Morgan fingerprint density at radius 1 is 0.655 bits per heavy atom. The molecule has 1 heterocycles. The van der Waals surface area contributed by atoms with Gasteiger partial charge in [0.1, 0.15) is 6.33 Å². The van der Waals surface area contributed by atoms with Gasteiger partial charge in [-0.05, 0) is 46.2 Å². The van der Waals surface area contributed by atoms with Gasteiger partial charge < -0.3 is 0 Å². The second-order valence-electron chi connectivity index (χ2n) is 8.07. The molecule has 0 fully saturated rings. The maximum Gasteiger partial charge on any atom is 0.168 e. The highest BCUT2D eigenvalue weighted by Crippen LogP contribution is 2.37. The van der Waals surface area contributed by atoms with Crippen LogP contribution in [-0.4, -0.2) is 14.8 Å². The smallest absolute Gasteiger partial charge is 0.168 e. The van der Waals surface area contributed by atoms with E-state index in [4.69, 9.17) is 0 Å². The first kappa shape index (κ1) is 19.1. The molecule has 0 aliphatic rings. The summed E-state index contributed by atoms with van der Waals surface area (Å²) in [5.74, 6) is 1.62. The zero-order valence-corrected chi connectivity index (χ0v) is 17.5. The molecule has 3 heteroatoms. The molecule has 0 N–H and O–H groups in total. The minimum atomic E-state index is 0.372. The van der Waals surface area contributed by atoms with Crippen LogP contribution < -0.4 is 0 Å². The number of aromatic nitrogens is 3. The summed E-state index contributed by atoms with van der Waals surface area (Å²) in [4.78, 5) is 0. The number of hydrogen-bond donors (Lipinski definition) is 0. The molecule has 0 radical (unpaired) electrons. The van der Waals surface area contributed by atoms with E-state index in [1.54, 1.807) is 0 Å². The Morgan fingerprint density at radius 2 is 1.17 bits per heavy atom. The van der Waals surface area contributed by atoms with Crippen molar-refractivity contribution < 1.29 is 0 Å². The van der Waals surface area contributed by atoms with E-state index in [2.05, 4.69) is 97.1 Å². The third-order valence-electron chi connectivity index (χ3n) is 5.34. The molecule has 1 aromatic heterocycles. The Labute approximate surface area is 173 Å². The Morgan fingerprint density at radius 3 is 1.69 bits per heavy atom. The summed E-state index contributed by atoms with van der Waals surface area (Å²) in [5.41, 5.74) is 7.41. The van der Waals surface area contributed by atoms with Crippen molar-refractivity contribution in [2.24, 2.45) is 0 Å². The zero-order chi connectivity index (χ0) is 20.4. The predicted octanol–water partition coefficient (Wildman–Crippen LogP) is 6.85. The summed E-state index contributed by atoms with van der Waals surface area (Å²) in [7, 11) is 0. The van der Waals surface area contributed by atoms with Gasteiger partial charge in [0.15, 0.2) is 5.82 Å². The molecule has 0 bridgehead atoms. The highest BCUT2D eigenvalue weighted by atomic mass is 15.3. The van der Waals surface area contributed by atoms with Crippen LogP contribution in [0.25, 0.3) is 28.2 Å². The first-order valence-corrected chi connectivity index (χ1v) is 10.3. The van der Waals surface area contributed by atoms with Crippen molar-refractivity contribution in [2.45, 2.75) is 39.5 Å². The average Bonchev–Trinajstić information content (AvgIpc) is 3.23. The van der Waals surface area contributed by atoms with Gasteiger partial charge in [-0.1, -0.05) is 88.4 Å². The molecular weight excluding hydrogens is 354 g/mol. The second kappa shape index (κ2) is 8.04. The molecule has 4 rings (SSSR count). The molecule has 29 heavy (non-hydrogen) atoms. The third kappa shape index (κ3) is 3.73. The SMILES string of the molecule is CC(C)c1cc(-c2ccccc2)cc(C(C)C)c1-n1cnnc1-c1ccccc1. The number of rotatable bonds is 5. The van der Waals surface area contributed by atoms with Crippen molar-refractivity contribution in [3.8, 4) is 28.2 Å². The second-order valence-corrected chi connectivity index (χ2v) is 8.07. The van der Waals surface area contributed by atoms with Crippen LogP contribution in [-0.2, 0) is 0 Å². The minimum Gasteiger partial charge on any atom is -0.281 e. The van der Waals surface area contributed by atoms with Gasteiger partial charge >= 0.3 is 0 Å². The molecule has 0 aliphatic heterocycles. The summed E-state index contributed by atoms with van der Waals surface area (Å²) in [6.07, 6.45) is 1.84. The van der Waals surface area contributed by atoms with Gasteiger partial charge in [0, 0.05) is 5.56 Å². The number of hydrogen-bond acceptors (Lipinski definition) is 2. The summed E-state index contributed by atoms with van der Waals surface area (Å²) in [6.45, 7) is 9.02. The summed E-state index contributed by atoms with van der Waals surface area (Å²) < 4.78 is 2.16. The van der Waals surface area contributed by atoms with Gasteiger partial charge in [-0.2, -0.15) is 0 Å². The lowest BCUT2D eigenvalue weighted by Gasteiger charge is -2.23. The minimum absolute atomic E-state index is 0.372. The van der Waals surface area contributed by atoms with E-state index in [0.717, 1.165) is 11.4 Å². The number of benzene rings is 3. The maximum atomic E-state index is 4.46. The summed E-state index contributed by atoms with van der Waals surface area (Å²) >= 11 is 0. The molecule has 0 spiro atoms. The normalized spacial score (nSPS) is 11.4. The van der Waals surface area contributed by atoms with E-state index in [0.29, 0.717) is 11.8 Å². The topological polar surface area (TPSA) is 30.7 Å².